The van der Waals surface area contributed by atoms with Crippen LogP contribution in [0.3, 0.4) is 0 Å². The molecular weight excluding hydrogens is 901 g/mol. The van der Waals surface area contributed by atoms with Gasteiger partial charge in [-0.25, -0.2) is 9.78 Å². The number of ether oxygens (including phenoxy) is 1. The second kappa shape index (κ2) is 19.4. The highest BCUT2D eigenvalue weighted by Gasteiger charge is 2.58. The number of carbonyl (C=O) groups excluding carboxylic acids is 1. The molecule has 6 aliphatic rings. The molecule has 2 saturated carbocycles. The van der Waals surface area contributed by atoms with E-state index in [4.69, 9.17) is 18.9 Å². The van der Waals surface area contributed by atoms with Crippen molar-refractivity contribution in [2.75, 3.05) is 26.3 Å². The predicted octanol–water partition coefficient (Wildman–Crippen LogP) is 2.95. The van der Waals surface area contributed by atoms with E-state index in [0.717, 1.165) is 61.1 Å². The minimum atomic E-state index is -2.42. The van der Waals surface area contributed by atoms with E-state index in [2.05, 4.69) is 28.7 Å². The van der Waals surface area contributed by atoms with Crippen LogP contribution in [-0.2, 0) is 27.4 Å². The van der Waals surface area contributed by atoms with Gasteiger partial charge < -0.3 is 55.5 Å². The maximum absolute atomic E-state index is 14.0. The number of hydrogen-bond donors (Lipinski definition) is 10. The van der Waals surface area contributed by atoms with Gasteiger partial charge in [0.05, 0.1) is 12.0 Å². The largest absolute Gasteiger partial charge is 0.508 e. The monoisotopic (exact) mass is 965 g/mol. The van der Waals surface area contributed by atoms with Gasteiger partial charge in [0.15, 0.2) is 11.2 Å². The second-order valence-electron chi connectivity index (χ2n) is 20.6. The van der Waals surface area contributed by atoms with E-state index >= 15 is 0 Å². The molecule has 4 aromatic rings. The van der Waals surface area contributed by atoms with Crippen LogP contribution in [0.1, 0.15) is 81.6 Å². The summed E-state index contributed by atoms with van der Waals surface area (Å²) in [4.78, 5) is 45.2. The summed E-state index contributed by atoms with van der Waals surface area (Å²) in [6, 6.07) is 10.8. The normalized spacial score (nSPS) is 28.6. The van der Waals surface area contributed by atoms with Gasteiger partial charge in [0.1, 0.15) is 77.4 Å². The molecule has 5 heterocycles. The molecule has 0 bridgehead atoms. The first kappa shape index (κ1) is 48.4. The van der Waals surface area contributed by atoms with Crippen molar-refractivity contribution in [3.05, 3.63) is 93.1 Å². The molecule has 1 aromatic heterocycles. The van der Waals surface area contributed by atoms with Crippen molar-refractivity contribution in [2.24, 2.45) is 22.7 Å². The number of aryl methyl sites for hydroxylation is 1. The van der Waals surface area contributed by atoms with Crippen LogP contribution in [0.4, 0.5) is 5.69 Å². The molecule has 2 unspecified atom stereocenters. The molecular formula is C53H65N4O13+. The van der Waals surface area contributed by atoms with Gasteiger partial charge in [-0.3, -0.25) is 19.5 Å². The lowest BCUT2D eigenvalue weighted by Gasteiger charge is -2.53. The second-order valence-corrected chi connectivity index (χ2v) is 20.6. The van der Waals surface area contributed by atoms with E-state index in [1.807, 2.05) is 6.08 Å². The summed E-state index contributed by atoms with van der Waals surface area (Å²) >= 11 is 0. The zero-order chi connectivity index (χ0) is 49.1. The van der Waals surface area contributed by atoms with Gasteiger partial charge in [-0.1, -0.05) is 25.8 Å². The van der Waals surface area contributed by atoms with Crippen molar-refractivity contribution in [3.8, 4) is 17.2 Å². The number of carbonyl (C=O) groups is 1. The van der Waals surface area contributed by atoms with Crippen molar-refractivity contribution >= 4 is 39.6 Å². The highest BCUT2D eigenvalue weighted by Crippen LogP contribution is 2.53. The summed E-state index contributed by atoms with van der Waals surface area (Å²) in [5, 5.41) is 84.9. The van der Waals surface area contributed by atoms with Crippen LogP contribution in [0.25, 0.3) is 21.7 Å². The molecule has 374 valence electrons. The molecule has 4 aliphatic heterocycles. The number of nitrogens with zero attached hydrogens (tertiary/aromatic N) is 1. The zero-order valence-corrected chi connectivity index (χ0v) is 39.6. The molecule has 3 fully saturated rings. The Labute approximate surface area is 405 Å². The summed E-state index contributed by atoms with van der Waals surface area (Å²) in [5.74, 6) is 0.683. The van der Waals surface area contributed by atoms with Crippen LogP contribution in [0.5, 0.6) is 17.2 Å². The van der Waals surface area contributed by atoms with E-state index in [1.165, 1.54) is 36.4 Å². The molecule has 0 radical (unpaired) electrons. The molecule has 11 atom stereocenters. The van der Waals surface area contributed by atoms with E-state index < -0.39 is 55.3 Å². The lowest BCUT2D eigenvalue weighted by molar-refractivity contribution is -0.793. The van der Waals surface area contributed by atoms with Crippen molar-refractivity contribution < 1.29 is 64.4 Å². The summed E-state index contributed by atoms with van der Waals surface area (Å²) in [5.41, 5.74) is 0.261. The Morgan fingerprint density at radius 2 is 1.81 bits per heavy atom. The molecule has 17 heteroatoms. The van der Waals surface area contributed by atoms with Gasteiger partial charge in [0.2, 0.25) is 17.2 Å². The fourth-order valence-electron chi connectivity index (χ4n) is 12.5. The van der Waals surface area contributed by atoms with E-state index in [-0.39, 0.29) is 53.1 Å². The van der Waals surface area contributed by atoms with Gasteiger partial charge in [0, 0.05) is 79.5 Å². The third kappa shape index (κ3) is 8.83. The molecule has 1 amide bonds. The number of aliphatic imine (C=N–C) groups is 1. The zero-order valence-electron chi connectivity index (χ0n) is 39.6. The average Bonchev–Trinajstić information content (AvgIpc) is 4.18. The standard InChI is InChI=1S/C53H64N4O13/c1-3-41-37-14-15-54-40(37)25-57(41)47-49-31(17-39-43(61)16-28(2)68-50(39)47)18-45(53(69-49)22-29(32-19-46(63)56-23-32)8-10-33(53)24-55-34-6-4-5-7-34)70-67-27-52(66,51(65)48(64)44(62)26-58)21-30-9-13-42(60)36-12-11-35(59)20-38(30)36/h9,11-17,20,25,29,32-34,41,44-45,48,51,55,58-60,62,64-66H,3-8,10,18-19,21-24,26-27H2,1-2H3,(H,56,63)/p+1/t29-,32-,33+,41?,44-,45-,48-,51+,52+,53+/m1/s1. The lowest BCUT2D eigenvalue weighted by atomic mass is 9.63. The Kier molecular flexibility index (Phi) is 13.4. The molecule has 10 N–H and O–H groups in total. The SMILES string of the molecule is CCC1C2=CC=NC2=C[NH+]1c1c2c(cc3c(=O)cc(C)oc13)C[C@@H](OOC[C@@](O)(Cc1ccc(O)c3ccc(O)cc13)[C@@H](O)[C@H](O)[C@H](O)CO)[C@@]1(C[C@H]([C@H]3CNC(=O)C3)CC[C@H]1CNC1CCCC1)O2. The van der Waals surface area contributed by atoms with Gasteiger partial charge in [-0.05, 0) is 98.2 Å². The van der Waals surface area contributed by atoms with Gasteiger partial charge in [0.25, 0.3) is 0 Å². The fraction of sp³-hybridized carbons (Fsp3) is 0.528. The topological polar surface area (TPSA) is 257 Å². The quantitative estimate of drug-likeness (QED) is 0.0573. The molecule has 10 rings (SSSR count). The van der Waals surface area contributed by atoms with Crippen LogP contribution in [0, 0.1) is 24.7 Å². The summed E-state index contributed by atoms with van der Waals surface area (Å²) in [7, 11) is 0. The van der Waals surface area contributed by atoms with Crippen molar-refractivity contribution in [3.63, 3.8) is 0 Å². The van der Waals surface area contributed by atoms with Crippen LogP contribution in [-0.4, -0.2) is 122 Å². The maximum atomic E-state index is 14.0. The maximum Gasteiger partial charge on any atom is 0.222 e. The first-order chi connectivity index (χ1) is 33.7. The van der Waals surface area contributed by atoms with Gasteiger partial charge >= 0.3 is 0 Å². The molecule has 3 aromatic carbocycles. The Hall–Kier alpha value is -5.21. The Balaban J connectivity index is 1.08. The highest BCUT2D eigenvalue weighted by atomic mass is 17.2. The number of aliphatic hydroxyl groups excluding tert-OH is 4. The highest BCUT2D eigenvalue weighted by molar-refractivity contribution is 5.92. The third-order valence-corrected chi connectivity index (χ3v) is 16.3. The van der Waals surface area contributed by atoms with Crippen molar-refractivity contribution in [2.45, 2.75) is 132 Å². The Morgan fingerprint density at radius 1 is 1.00 bits per heavy atom. The predicted molar refractivity (Wildman–Crippen MR) is 258 cm³/mol. The van der Waals surface area contributed by atoms with Gasteiger partial charge in [-0.2, -0.15) is 0 Å². The first-order valence-corrected chi connectivity index (χ1v) is 24.9. The number of rotatable bonds is 16. The van der Waals surface area contributed by atoms with E-state index in [9.17, 15) is 45.3 Å². The van der Waals surface area contributed by atoms with Crippen LogP contribution >= 0.6 is 0 Å². The van der Waals surface area contributed by atoms with Gasteiger partial charge in [-0.15, -0.1) is 0 Å². The van der Waals surface area contributed by atoms with Crippen LogP contribution in [0.2, 0.25) is 0 Å². The fourth-order valence-corrected chi connectivity index (χ4v) is 12.5. The molecule has 17 nitrogen and oxygen atoms in total. The molecule has 2 aliphatic carbocycles. The average molecular weight is 966 g/mol. The van der Waals surface area contributed by atoms with E-state index in [1.54, 1.807) is 19.2 Å². The number of hydrogen-bond acceptors (Lipinski definition) is 15. The molecule has 70 heavy (non-hydrogen) atoms. The number of aliphatic hydroxyl groups is 5. The summed E-state index contributed by atoms with van der Waals surface area (Å²) in [6.07, 6.45) is 6.24. The minimum absolute atomic E-state index is 0.00368. The smallest absolute Gasteiger partial charge is 0.222 e. The number of quaternary nitrogens is 1. The Bertz CT molecular complexity index is 2800. The first-order valence-electron chi connectivity index (χ1n) is 24.9. The number of nitrogens with one attached hydrogen (secondary N) is 3. The van der Waals surface area contributed by atoms with Crippen LogP contribution < -0.4 is 25.7 Å². The van der Waals surface area contributed by atoms with E-state index in [0.29, 0.717) is 82.0 Å². The van der Waals surface area contributed by atoms with Crippen LogP contribution in [0.15, 0.2) is 80.2 Å². The minimum Gasteiger partial charge on any atom is -0.508 e. The number of allylic oxidation sites excluding steroid dienone is 1. The number of benzene rings is 3. The van der Waals surface area contributed by atoms with Crippen molar-refractivity contribution in [1.82, 2.24) is 10.6 Å². The number of aromatic hydroxyl groups is 2. The number of amides is 1. The summed E-state index contributed by atoms with van der Waals surface area (Å²) < 4.78 is 14.3. The lowest BCUT2D eigenvalue weighted by Crippen LogP contribution is -3.05. The number of phenolic OH excluding ortho intramolecular Hbond substituents is 2. The number of fused-ring (bicyclic) bond motifs is 4. The third-order valence-electron chi connectivity index (χ3n) is 16.3. The number of phenols is 2. The summed E-state index contributed by atoms with van der Waals surface area (Å²) in [6.45, 7) is 3.29. The molecule has 1 spiro atoms. The Morgan fingerprint density at radius 3 is 2.57 bits per heavy atom. The van der Waals surface area contributed by atoms with Crippen molar-refractivity contribution in [1.29, 1.82) is 0 Å². The molecule has 1 saturated heterocycles.